The Labute approximate surface area is 173 Å². The highest BCUT2D eigenvalue weighted by molar-refractivity contribution is 5.94. The van der Waals surface area contributed by atoms with Crippen LogP contribution in [0.2, 0.25) is 0 Å². The van der Waals surface area contributed by atoms with Gasteiger partial charge in [0, 0.05) is 25.6 Å². The zero-order valence-corrected chi connectivity index (χ0v) is 16.7. The second-order valence-corrected chi connectivity index (χ2v) is 5.91. The Morgan fingerprint density at radius 3 is 2.67 bits per heavy atom. The first-order valence-corrected chi connectivity index (χ1v) is 9.06. The molecule has 1 aromatic heterocycles. The first-order valence-electron chi connectivity index (χ1n) is 9.06. The fourth-order valence-corrected chi connectivity index (χ4v) is 2.45. The molecule has 2 unspecified atom stereocenters. The minimum atomic E-state index is -1.04. The molecular weight excluding hydrogens is 402 g/mol. The van der Waals surface area contributed by atoms with Crippen molar-refractivity contribution < 1.29 is 38.4 Å². The molecule has 1 amide bonds. The quantitative estimate of drug-likeness (QED) is 0.573. The van der Waals surface area contributed by atoms with Gasteiger partial charge in [0.25, 0.3) is 5.91 Å². The molecule has 0 radical (unpaired) electrons. The number of nitrogens with zero attached hydrogens (tertiary/aromatic N) is 1. The maximum absolute atomic E-state index is 12.5. The Bertz CT molecular complexity index is 788. The SMILES string of the molecule is CO.COc1cccc(F)c1F.O=C(Nc1ccnc(C(O)CO)c1)C1CCCO1. The van der Waals surface area contributed by atoms with Crippen molar-refractivity contribution in [3.8, 4) is 5.75 Å². The van der Waals surface area contributed by atoms with Gasteiger partial charge in [0.1, 0.15) is 12.2 Å². The van der Waals surface area contributed by atoms with Gasteiger partial charge in [-0.15, -0.1) is 0 Å². The van der Waals surface area contributed by atoms with Crippen LogP contribution in [0, 0.1) is 11.6 Å². The van der Waals surface area contributed by atoms with Crippen LogP contribution in [0.15, 0.2) is 36.5 Å². The number of pyridine rings is 1. The molecule has 0 bridgehead atoms. The van der Waals surface area contributed by atoms with E-state index in [-0.39, 0.29) is 11.7 Å². The highest BCUT2D eigenvalue weighted by atomic mass is 19.2. The molecule has 2 aromatic rings. The van der Waals surface area contributed by atoms with E-state index in [9.17, 15) is 18.7 Å². The van der Waals surface area contributed by atoms with Gasteiger partial charge in [-0.2, -0.15) is 4.39 Å². The number of aromatic nitrogens is 1. The minimum Gasteiger partial charge on any atom is -0.494 e. The highest BCUT2D eigenvalue weighted by Crippen LogP contribution is 2.18. The Hall–Kier alpha value is -2.66. The maximum Gasteiger partial charge on any atom is 0.253 e. The molecule has 2 atom stereocenters. The molecule has 1 saturated heterocycles. The third-order valence-electron chi connectivity index (χ3n) is 3.92. The van der Waals surface area contributed by atoms with Crippen LogP contribution in [0.1, 0.15) is 24.6 Å². The van der Waals surface area contributed by atoms with Crippen LogP contribution in [0.4, 0.5) is 14.5 Å². The summed E-state index contributed by atoms with van der Waals surface area (Å²) in [6.45, 7) is 0.207. The molecule has 4 N–H and O–H groups in total. The fraction of sp³-hybridized carbons (Fsp3) is 0.400. The van der Waals surface area contributed by atoms with Crippen LogP contribution >= 0.6 is 0 Å². The van der Waals surface area contributed by atoms with Crippen molar-refractivity contribution in [2.45, 2.75) is 25.0 Å². The Morgan fingerprint density at radius 2 is 2.10 bits per heavy atom. The van der Waals surface area contributed by atoms with Gasteiger partial charge in [-0.25, -0.2) is 4.39 Å². The molecule has 10 heteroatoms. The molecule has 0 spiro atoms. The first-order chi connectivity index (χ1) is 14.5. The lowest BCUT2D eigenvalue weighted by Gasteiger charge is -2.12. The molecule has 1 aliphatic heterocycles. The van der Waals surface area contributed by atoms with Gasteiger partial charge in [0.05, 0.1) is 19.4 Å². The van der Waals surface area contributed by atoms with Crippen molar-refractivity contribution in [3.05, 3.63) is 53.9 Å². The number of anilines is 1. The molecule has 1 aromatic carbocycles. The van der Waals surface area contributed by atoms with Crippen molar-refractivity contribution >= 4 is 11.6 Å². The number of rotatable bonds is 5. The van der Waals surface area contributed by atoms with Crippen LogP contribution in [0.3, 0.4) is 0 Å². The molecular formula is C20H26F2N2O6. The molecule has 2 heterocycles. The smallest absolute Gasteiger partial charge is 0.253 e. The lowest BCUT2D eigenvalue weighted by Crippen LogP contribution is -2.27. The maximum atomic E-state index is 12.5. The van der Waals surface area contributed by atoms with Gasteiger partial charge in [0.15, 0.2) is 11.6 Å². The topological polar surface area (TPSA) is 121 Å². The number of methoxy groups -OCH3 is 1. The highest BCUT2D eigenvalue weighted by Gasteiger charge is 2.23. The molecule has 1 aliphatic rings. The van der Waals surface area contributed by atoms with E-state index >= 15 is 0 Å². The Morgan fingerprint density at radius 1 is 1.37 bits per heavy atom. The second-order valence-electron chi connectivity index (χ2n) is 5.91. The van der Waals surface area contributed by atoms with Gasteiger partial charge in [-0.05, 0) is 37.1 Å². The van der Waals surface area contributed by atoms with Crippen molar-refractivity contribution in [2.24, 2.45) is 0 Å². The largest absolute Gasteiger partial charge is 0.494 e. The first kappa shape index (κ1) is 25.4. The summed E-state index contributed by atoms with van der Waals surface area (Å²) < 4.78 is 34.6. The molecule has 3 rings (SSSR count). The van der Waals surface area contributed by atoms with E-state index in [0.717, 1.165) is 26.0 Å². The number of aliphatic hydroxyl groups is 3. The standard InChI is InChI=1S/C12H16N2O4.C7H6F2O.CH4O/c15-7-10(16)9-6-8(3-4-13-9)14-12(17)11-2-1-5-18-11;1-10-6-4-2-3-5(8)7(6)9;1-2/h3-4,6,10-11,15-16H,1-2,5,7H2,(H,13,14,17);2-4H,1H3;2H,1H3. The van der Waals surface area contributed by atoms with Crippen LogP contribution in [-0.2, 0) is 9.53 Å². The van der Waals surface area contributed by atoms with Crippen LogP contribution in [0.5, 0.6) is 5.75 Å². The normalized spacial score (nSPS) is 15.8. The number of amides is 1. The number of hydrogen-bond donors (Lipinski definition) is 4. The van der Waals surface area contributed by atoms with Crippen molar-refractivity contribution in [3.63, 3.8) is 0 Å². The minimum absolute atomic E-state index is 0.0694. The number of halogens is 2. The number of aliphatic hydroxyl groups excluding tert-OH is 3. The van der Waals surface area contributed by atoms with E-state index in [1.807, 2.05) is 0 Å². The molecule has 0 aliphatic carbocycles. The van der Waals surface area contributed by atoms with Gasteiger partial charge in [-0.1, -0.05) is 6.07 Å². The monoisotopic (exact) mass is 428 g/mol. The summed E-state index contributed by atoms with van der Waals surface area (Å²) in [4.78, 5) is 15.7. The lowest BCUT2D eigenvalue weighted by atomic mass is 10.2. The second kappa shape index (κ2) is 13.5. The average molecular weight is 428 g/mol. The number of carbonyl (C=O) groups excluding carboxylic acids is 1. The summed E-state index contributed by atoms with van der Waals surface area (Å²) in [6.07, 6.45) is 1.65. The summed E-state index contributed by atoms with van der Waals surface area (Å²) in [7, 11) is 2.29. The third kappa shape index (κ3) is 7.64. The summed E-state index contributed by atoms with van der Waals surface area (Å²) in [5, 5.41) is 28.0. The zero-order chi connectivity index (χ0) is 22.5. The number of nitrogens with one attached hydrogen (secondary N) is 1. The number of ether oxygens (including phenoxy) is 2. The molecule has 8 nitrogen and oxygen atoms in total. The summed E-state index contributed by atoms with van der Waals surface area (Å²) in [5.74, 6) is -2.09. The fourth-order valence-electron chi connectivity index (χ4n) is 2.45. The predicted molar refractivity (Wildman–Crippen MR) is 105 cm³/mol. The van der Waals surface area contributed by atoms with E-state index in [1.54, 1.807) is 6.07 Å². The number of hydrogen-bond acceptors (Lipinski definition) is 7. The van der Waals surface area contributed by atoms with Crippen LogP contribution < -0.4 is 10.1 Å². The summed E-state index contributed by atoms with van der Waals surface area (Å²) in [6, 6.07) is 6.95. The van der Waals surface area contributed by atoms with E-state index in [4.69, 9.17) is 14.9 Å². The van der Waals surface area contributed by atoms with Gasteiger partial charge in [-0.3, -0.25) is 9.78 Å². The van der Waals surface area contributed by atoms with Crippen LogP contribution in [0.25, 0.3) is 0 Å². The molecule has 0 saturated carbocycles. The Kier molecular flexibility index (Phi) is 11.5. The zero-order valence-electron chi connectivity index (χ0n) is 16.7. The average Bonchev–Trinajstić information content (AvgIpc) is 3.32. The summed E-state index contributed by atoms with van der Waals surface area (Å²) in [5.41, 5.74) is 0.857. The van der Waals surface area contributed by atoms with E-state index in [1.165, 1.54) is 31.5 Å². The van der Waals surface area contributed by atoms with E-state index in [0.29, 0.717) is 18.0 Å². The molecule has 166 valence electrons. The van der Waals surface area contributed by atoms with Gasteiger partial charge in [0.2, 0.25) is 5.82 Å². The molecule has 1 fully saturated rings. The number of carbonyl (C=O) groups is 1. The van der Waals surface area contributed by atoms with E-state index < -0.39 is 30.4 Å². The summed E-state index contributed by atoms with van der Waals surface area (Å²) >= 11 is 0. The van der Waals surface area contributed by atoms with E-state index in [2.05, 4.69) is 15.0 Å². The number of benzene rings is 1. The van der Waals surface area contributed by atoms with Crippen molar-refractivity contribution in [1.82, 2.24) is 4.98 Å². The predicted octanol–water partition coefficient (Wildman–Crippen LogP) is 1.81. The lowest BCUT2D eigenvalue weighted by molar-refractivity contribution is -0.124. The van der Waals surface area contributed by atoms with Gasteiger partial charge < -0.3 is 30.1 Å². The third-order valence-corrected chi connectivity index (χ3v) is 3.92. The molecule has 30 heavy (non-hydrogen) atoms. The Balaban J connectivity index is 0.000000318. The van der Waals surface area contributed by atoms with Gasteiger partial charge >= 0.3 is 0 Å². The van der Waals surface area contributed by atoms with Crippen molar-refractivity contribution in [2.75, 3.05) is 32.8 Å². The van der Waals surface area contributed by atoms with Crippen LogP contribution in [-0.4, -0.2) is 59.7 Å². The van der Waals surface area contributed by atoms with Crippen molar-refractivity contribution in [1.29, 1.82) is 0 Å².